The molecule has 26 heavy (non-hydrogen) atoms. The largest absolute Gasteiger partial charge is 0.480 e. The summed E-state index contributed by atoms with van der Waals surface area (Å²) in [6.07, 6.45) is 0. The van der Waals surface area contributed by atoms with Crippen molar-refractivity contribution in [1.29, 1.82) is 0 Å². The summed E-state index contributed by atoms with van der Waals surface area (Å²) in [5.74, 6) is -1.09. The van der Waals surface area contributed by atoms with Gasteiger partial charge in [0.25, 0.3) is 0 Å². The van der Waals surface area contributed by atoms with E-state index in [0.717, 1.165) is 5.52 Å². The van der Waals surface area contributed by atoms with Crippen LogP contribution in [-0.4, -0.2) is 38.7 Å². The molecule has 2 heterocycles. The van der Waals surface area contributed by atoms with Crippen molar-refractivity contribution in [3.63, 3.8) is 0 Å². The third kappa shape index (κ3) is 3.97. The van der Waals surface area contributed by atoms with Gasteiger partial charge in [0.15, 0.2) is 5.16 Å². The van der Waals surface area contributed by atoms with Crippen LogP contribution in [0.1, 0.15) is 16.1 Å². The fraction of sp³-hybridized carbons (Fsp3) is 0.176. The Bertz CT molecular complexity index is 989. The van der Waals surface area contributed by atoms with E-state index in [1.165, 1.54) is 24.9 Å². The highest BCUT2D eigenvalue weighted by atomic mass is 35.5. The number of imidazole rings is 1. The second kappa shape index (κ2) is 7.76. The van der Waals surface area contributed by atoms with Gasteiger partial charge in [-0.3, -0.25) is 4.79 Å². The van der Waals surface area contributed by atoms with Crippen molar-refractivity contribution in [3.05, 3.63) is 52.8 Å². The summed E-state index contributed by atoms with van der Waals surface area (Å²) in [7, 11) is 1.29. The molecule has 0 aliphatic carbocycles. The third-order valence-corrected chi connectivity index (χ3v) is 4.73. The molecular formula is C17H14ClN3O4S. The Morgan fingerprint density at radius 2 is 2.04 bits per heavy atom. The predicted molar refractivity (Wildman–Crippen MR) is 97.5 cm³/mol. The summed E-state index contributed by atoms with van der Waals surface area (Å²) in [6, 6.07) is 10.3. The number of ether oxygens (including phenoxy) is 1. The van der Waals surface area contributed by atoms with Crippen LogP contribution in [0.3, 0.4) is 0 Å². The quantitative estimate of drug-likeness (QED) is 0.391. The fourth-order valence-corrected chi connectivity index (χ4v) is 3.58. The molecule has 1 aromatic carbocycles. The van der Waals surface area contributed by atoms with Crippen LogP contribution in [0.2, 0.25) is 5.15 Å². The summed E-state index contributed by atoms with van der Waals surface area (Å²) < 4.78 is 6.33. The number of para-hydroxylation sites is 2. The number of carboxylic acids is 1. The van der Waals surface area contributed by atoms with Crippen molar-refractivity contribution >= 4 is 46.3 Å². The lowest BCUT2D eigenvalue weighted by molar-refractivity contribution is -0.137. The monoisotopic (exact) mass is 391 g/mol. The molecule has 9 heteroatoms. The van der Waals surface area contributed by atoms with Crippen LogP contribution >= 0.6 is 23.4 Å². The van der Waals surface area contributed by atoms with E-state index in [0.29, 0.717) is 27.7 Å². The lowest BCUT2D eigenvalue weighted by Gasteiger charge is -2.07. The van der Waals surface area contributed by atoms with Gasteiger partial charge in [0.05, 0.1) is 29.4 Å². The van der Waals surface area contributed by atoms with Crippen LogP contribution in [0.5, 0.6) is 0 Å². The minimum Gasteiger partial charge on any atom is -0.480 e. The van der Waals surface area contributed by atoms with Gasteiger partial charge < -0.3 is 14.4 Å². The topological polar surface area (TPSA) is 94.3 Å². The molecule has 0 bridgehead atoms. The maximum atomic E-state index is 11.7. The Kier molecular flexibility index (Phi) is 5.43. The number of rotatable bonds is 6. The minimum absolute atomic E-state index is 0.183. The maximum absolute atomic E-state index is 11.7. The number of methoxy groups -OCH3 is 1. The number of carbonyl (C=O) groups excluding carboxylic acids is 1. The van der Waals surface area contributed by atoms with Crippen LogP contribution in [0, 0.1) is 0 Å². The molecule has 0 unspecified atom stereocenters. The van der Waals surface area contributed by atoms with E-state index in [1.807, 2.05) is 24.3 Å². The SMILES string of the molecule is COC(=O)c1cc(Cl)nc(CSc2nc3ccccc3n2CC(=O)O)c1. The Morgan fingerprint density at radius 3 is 2.77 bits per heavy atom. The first-order valence-electron chi connectivity index (χ1n) is 7.52. The molecule has 0 saturated heterocycles. The van der Waals surface area contributed by atoms with E-state index in [2.05, 4.69) is 9.97 Å². The first-order valence-corrected chi connectivity index (χ1v) is 8.89. The van der Waals surface area contributed by atoms with E-state index < -0.39 is 11.9 Å². The van der Waals surface area contributed by atoms with Gasteiger partial charge in [0.1, 0.15) is 11.7 Å². The molecule has 0 saturated carbocycles. The number of esters is 1. The summed E-state index contributed by atoms with van der Waals surface area (Å²) >= 11 is 7.29. The molecule has 2 aromatic heterocycles. The van der Waals surface area contributed by atoms with Crippen molar-refractivity contribution in [1.82, 2.24) is 14.5 Å². The molecule has 0 aliphatic rings. The molecule has 7 nitrogen and oxygen atoms in total. The highest BCUT2D eigenvalue weighted by Gasteiger charge is 2.15. The van der Waals surface area contributed by atoms with Gasteiger partial charge in [0.2, 0.25) is 0 Å². The van der Waals surface area contributed by atoms with Crippen LogP contribution in [0.25, 0.3) is 11.0 Å². The first kappa shape index (κ1) is 18.2. The molecule has 3 aromatic rings. The lowest BCUT2D eigenvalue weighted by Crippen LogP contribution is -2.09. The number of benzene rings is 1. The molecular weight excluding hydrogens is 378 g/mol. The number of pyridine rings is 1. The van der Waals surface area contributed by atoms with Crippen molar-refractivity contribution in [3.8, 4) is 0 Å². The number of nitrogens with zero attached hydrogens (tertiary/aromatic N) is 3. The summed E-state index contributed by atoms with van der Waals surface area (Å²) in [6.45, 7) is -0.195. The number of fused-ring (bicyclic) bond motifs is 1. The zero-order valence-corrected chi connectivity index (χ0v) is 15.3. The molecule has 0 radical (unpaired) electrons. The number of aromatic nitrogens is 3. The van der Waals surface area contributed by atoms with Gasteiger partial charge in [-0.25, -0.2) is 14.8 Å². The Hall–Kier alpha value is -2.58. The number of hydrogen-bond acceptors (Lipinski definition) is 6. The molecule has 0 spiro atoms. The van der Waals surface area contributed by atoms with Gasteiger partial charge in [-0.1, -0.05) is 35.5 Å². The van der Waals surface area contributed by atoms with Crippen molar-refractivity contribution in [2.24, 2.45) is 0 Å². The molecule has 0 atom stereocenters. The predicted octanol–water partition coefficient (Wildman–Crippen LogP) is 3.25. The molecule has 1 N–H and O–H groups in total. The van der Waals surface area contributed by atoms with Gasteiger partial charge in [-0.15, -0.1) is 0 Å². The minimum atomic E-state index is -0.955. The number of carboxylic acid groups (broad SMARTS) is 1. The molecule has 134 valence electrons. The molecule has 0 fully saturated rings. The van der Waals surface area contributed by atoms with Gasteiger partial charge in [0, 0.05) is 5.75 Å². The van der Waals surface area contributed by atoms with Crippen LogP contribution in [0.4, 0.5) is 0 Å². The Balaban J connectivity index is 1.89. The fourth-order valence-electron chi connectivity index (χ4n) is 2.45. The van der Waals surface area contributed by atoms with E-state index in [9.17, 15) is 14.7 Å². The average Bonchev–Trinajstić information content (AvgIpc) is 2.96. The Morgan fingerprint density at radius 1 is 1.27 bits per heavy atom. The van der Waals surface area contributed by atoms with E-state index in [1.54, 1.807) is 10.6 Å². The summed E-state index contributed by atoms with van der Waals surface area (Å²) in [4.78, 5) is 31.6. The van der Waals surface area contributed by atoms with Crippen LogP contribution in [-0.2, 0) is 21.8 Å². The van der Waals surface area contributed by atoms with Crippen molar-refractivity contribution in [2.75, 3.05) is 7.11 Å². The summed E-state index contributed by atoms with van der Waals surface area (Å²) in [5.41, 5.74) is 2.33. The maximum Gasteiger partial charge on any atom is 0.338 e. The number of carbonyl (C=O) groups is 2. The summed E-state index contributed by atoms with van der Waals surface area (Å²) in [5, 5.41) is 9.91. The normalized spacial score (nSPS) is 10.8. The van der Waals surface area contributed by atoms with E-state index in [-0.39, 0.29) is 11.7 Å². The average molecular weight is 392 g/mol. The Labute approximate surface area is 158 Å². The van der Waals surface area contributed by atoms with E-state index in [4.69, 9.17) is 16.3 Å². The van der Waals surface area contributed by atoms with Gasteiger partial charge in [-0.2, -0.15) is 0 Å². The standard InChI is InChI=1S/C17H14ClN3O4S/c1-25-16(24)10-6-11(19-14(18)7-10)9-26-17-20-12-4-2-3-5-13(12)21(17)8-15(22)23/h2-7H,8-9H2,1H3,(H,22,23). The number of thioether (sulfide) groups is 1. The van der Waals surface area contributed by atoms with Crippen molar-refractivity contribution in [2.45, 2.75) is 17.5 Å². The first-order chi connectivity index (χ1) is 12.5. The van der Waals surface area contributed by atoms with E-state index >= 15 is 0 Å². The molecule has 0 amide bonds. The second-order valence-electron chi connectivity index (χ2n) is 5.31. The van der Waals surface area contributed by atoms with Gasteiger partial charge >= 0.3 is 11.9 Å². The van der Waals surface area contributed by atoms with Crippen LogP contribution < -0.4 is 0 Å². The smallest absolute Gasteiger partial charge is 0.338 e. The highest BCUT2D eigenvalue weighted by Crippen LogP contribution is 2.27. The lowest BCUT2D eigenvalue weighted by atomic mass is 10.2. The second-order valence-corrected chi connectivity index (χ2v) is 6.64. The number of hydrogen-bond donors (Lipinski definition) is 1. The number of halogens is 1. The molecule has 3 rings (SSSR count). The number of aliphatic carboxylic acids is 1. The highest BCUT2D eigenvalue weighted by molar-refractivity contribution is 7.98. The third-order valence-electron chi connectivity index (χ3n) is 3.53. The molecule has 0 aliphatic heterocycles. The van der Waals surface area contributed by atoms with Crippen LogP contribution in [0.15, 0.2) is 41.6 Å². The van der Waals surface area contributed by atoms with Gasteiger partial charge in [-0.05, 0) is 24.3 Å². The van der Waals surface area contributed by atoms with Crippen molar-refractivity contribution < 1.29 is 19.4 Å². The zero-order valence-electron chi connectivity index (χ0n) is 13.7. The zero-order chi connectivity index (χ0) is 18.7.